The van der Waals surface area contributed by atoms with Gasteiger partial charge in [-0.2, -0.15) is 0 Å². The van der Waals surface area contributed by atoms with Gasteiger partial charge in [0.2, 0.25) is 0 Å². The van der Waals surface area contributed by atoms with Crippen molar-refractivity contribution in [3.8, 4) is 5.75 Å². The molecule has 2 aromatic carbocycles. The molecule has 2 N–H and O–H groups in total. The maximum atomic E-state index is 11.0. The van der Waals surface area contributed by atoms with Crippen LogP contribution in [0.4, 0.5) is 0 Å². The monoisotopic (exact) mass is 320 g/mol. The Kier molecular flexibility index (Phi) is 5.06. The Balaban J connectivity index is 2.29. The topological polar surface area (TPSA) is 66.8 Å². The van der Waals surface area contributed by atoms with Crippen LogP contribution in [0.3, 0.4) is 0 Å². The molecule has 116 valence electrons. The molecule has 1 unspecified atom stereocenters. The molecule has 0 fully saturated rings. The fourth-order valence-corrected chi connectivity index (χ4v) is 2.37. The van der Waals surface area contributed by atoms with Gasteiger partial charge in [-0.1, -0.05) is 35.9 Å². The minimum atomic E-state index is -1.63. The first-order chi connectivity index (χ1) is 10.4. The number of hydrogen-bond donors (Lipinski definition) is 2. The van der Waals surface area contributed by atoms with E-state index in [1.165, 1.54) is 6.07 Å². The van der Waals surface area contributed by atoms with Crippen LogP contribution in [0, 0.1) is 13.8 Å². The molecule has 0 spiro atoms. The molecule has 0 radical (unpaired) electrons. The quantitative estimate of drug-likeness (QED) is 0.882. The highest BCUT2D eigenvalue weighted by molar-refractivity contribution is 6.31. The molecule has 2 rings (SSSR count). The summed E-state index contributed by atoms with van der Waals surface area (Å²) < 4.78 is 5.77. The Morgan fingerprint density at radius 2 is 2.00 bits per heavy atom. The van der Waals surface area contributed by atoms with Crippen molar-refractivity contribution in [1.82, 2.24) is 0 Å². The average molecular weight is 321 g/mol. The van der Waals surface area contributed by atoms with Crippen molar-refractivity contribution in [2.24, 2.45) is 0 Å². The number of rotatable bonds is 5. The molecular weight excluding hydrogens is 304 g/mol. The number of benzene rings is 2. The first-order valence-corrected chi connectivity index (χ1v) is 7.16. The van der Waals surface area contributed by atoms with Crippen LogP contribution in [0.2, 0.25) is 5.02 Å². The van der Waals surface area contributed by atoms with Crippen LogP contribution in [-0.4, -0.2) is 16.2 Å². The minimum absolute atomic E-state index is 0.0869. The number of carboxylic acids is 1. The lowest BCUT2D eigenvalue weighted by Crippen LogP contribution is -2.14. The van der Waals surface area contributed by atoms with Crippen molar-refractivity contribution in [2.45, 2.75) is 26.6 Å². The number of aliphatic hydroxyl groups excluding tert-OH is 1. The van der Waals surface area contributed by atoms with E-state index in [9.17, 15) is 9.90 Å². The summed E-state index contributed by atoms with van der Waals surface area (Å²) in [5.74, 6) is -0.620. The van der Waals surface area contributed by atoms with Crippen LogP contribution >= 0.6 is 11.6 Å². The summed E-state index contributed by atoms with van der Waals surface area (Å²) in [6, 6.07) is 10.6. The molecule has 2 aromatic rings. The van der Waals surface area contributed by atoms with E-state index in [0.29, 0.717) is 16.3 Å². The van der Waals surface area contributed by atoms with E-state index in [4.69, 9.17) is 21.4 Å². The number of halogens is 1. The second kappa shape index (κ2) is 6.81. The van der Waals surface area contributed by atoms with Gasteiger partial charge >= 0.3 is 5.97 Å². The molecule has 0 amide bonds. The van der Waals surface area contributed by atoms with Crippen molar-refractivity contribution in [2.75, 3.05) is 0 Å². The van der Waals surface area contributed by atoms with E-state index in [0.717, 1.165) is 11.1 Å². The van der Waals surface area contributed by atoms with Gasteiger partial charge in [-0.3, -0.25) is 0 Å². The maximum Gasteiger partial charge on any atom is 0.337 e. The SMILES string of the molecule is Cc1ccc(C)c(OCc2c(Cl)cccc2C(O)C(=O)O)c1. The van der Waals surface area contributed by atoms with Gasteiger partial charge in [-0.15, -0.1) is 0 Å². The number of ether oxygens (including phenoxy) is 1. The van der Waals surface area contributed by atoms with Crippen LogP contribution in [0.15, 0.2) is 36.4 Å². The van der Waals surface area contributed by atoms with Gasteiger partial charge in [0.25, 0.3) is 0 Å². The van der Waals surface area contributed by atoms with E-state index >= 15 is 0 Å². The third kappa shape index (κ3) is 3.59. The van der Waals surface area contributed by atoms with Crippen molar-refractivity contribution >= 4 is 17.6 Å². The van der Waals surface area contributed by atoms with Gasteiger partial charge in [-0.25, -0.2) is 4.79 Å². The molecule has 0 aliphatic heterocycles. The van der Waals surface area contributed by atoms with Crippen molar-refractivity contribution in [3.63, 3.8) is 0 Å². The molecule has 1 atom stereocenters. The molecule has 4 nitrogen and oxygen atoms in total. The summed E-state index contributed by atoms with van der Waals surface area (Å²) in [5, 5.41) is 19.1. The summed E-state index contributed by atoms with van der Waals surface area (Å²) in [5.41, 5.74) is 2.74. The standard InChI is InChI=1S/C17H17ClO4/c1-10-6-7-11(2)15(8-10)22-9-13-12(16(19)17(20)21)4-3-5-14(13)18/h3-8,16,19H,9H2,1-2H3,(H,20,21). The first kappa shape index (κ1) is 16.3. The summed E-state index contributed by atoms with van der Waals surface area (Å²) in [7, 11) is 0. The lowest BCUT2D eigenvalue weighted by Gasteiger charge is -2.16. The molecule has 0 heterocycles. The van der Waals surface area contributed by atoms with Gasteiger partial charge in [-0.05, 0) is 42.7 Å². The van der Waals surface area contributed by atoms with Crippen LogP contribution in [0.1, 0.15) is 28.4 Å². The zero-order valence-corrected chi connectivity index (χ0v) is 13.1. The molecular formula is C17H17ClO4. The van der Waals surface area contributed by atoms with E-state index < -0.39 is 12.1 Å². The molecule has 0 saturated carbocycles. The molecule has 0 aromatic heterocycles. The average Bonchev–Trinajstić information content (AvgIpc) is 2.48. The normalized spacial score (nSPS) is 12.0. The number of aryl methyl sites for hydroxylation is 2. The van der Waals surface area contributed by atoms with Crippen molar-refractivity contribution < 1.29 is 19.7 Å². The maximum absolute atomic E-state index is 11.0. The zero-order chi connectivity index (χ0) is 16.3. The third-order valence-corrected chi connectivity index (χ3v) is 3.75. The Morgan fingerprint density at radius 1 is 1.27 bits per heavy atom. The van der Waals surface area contributed by atoms with E-state index in [-0.39, 0.29) is 12.2 Å². The van der Waals surface area contributed by atoms with E-state index in [2.05, 4.69) is 0 Å². The Labute approximate surface area is 133 Å². The molecule has 0 aliphatic rings. The number of aliphatic carboxylic acids is 1. The lowest BCUT2D eigenvalue weighted by atomic mass is 10.0. The molecule has 5 heteroatoms. The number of aliphatic hydroxyl groups is 1. The van der Waals surface area contributed by atoms with Crippen LogP contribution in [-0.2, 0) is 11.4 Å². The van der Waals surface area contributed by atoms with E-state index in [1.54, 1.807) is 12.1 Å². The molecule has 22 heavy (non-hydrogen) atoms. The van der Waals surface area contributed by atoms with E-state index in [1.807, 2.05) is 32.0 Å². The summed E-state index contributed by atoms with van der Waals surface area (Å²) in [6.45, 7) is 3.97. The highest BCUT2D eigenvalue weighted by Gasteiger charge is 2.21. The van der Waals surface area contributed by atoms with Crippen molar-refractivity contribution in [3.05, 3.63) is 63.7 Å². The second-order valence-corrected chi connectivity index (χ2v) is 5.51. The predicted octanol–water partition coefficient (Wildman–Crippen LogP) is 3.65. The largest absolute Gasteiger partial charge is 0.489 e. The third-order valence-electron chi connectivity index (χ3n) is 3.40. The Bertz CT molecular complexity index is 697. The minimum Gasteiger partial charge on any atom is -0.489 e. The highest BCUT2D eigenvalue weighted by Crippen LogP contribution is 2.28. The molecule has 0 aliphatic carbocycles. The predicted molar refractivity (Wildman–Crippen MR) is 84.3 cm³/mol. The van der Waals surface area contributed by atoms with Gasteiger partial charge in [0.1, 0.15) is 12.4 Å². The zero-order valence-electron chi connectivity index (χ0n) is 12.3. The number of carboxylic acid groups (broad SMARTS) is 1. The van der Waals surface area contributed by atoms with Crippen LogP contribution in [0.25, 0.3) is 0 Å². The van der Waals surface area contributed by atoms with Gasteiger partial charge in [0.05, 0.1) is 0 Å². The number of hydrogen-bond acceptors (Lipinski definition) is 3. The fourth-order valence-electron chi connectivity index (χ4n) is 2.13. The Hall–Kier alpha value is -2.04. The van der Waals surface area contributed by atoms with Gasteiger partial charge in [0.15, 0.2) is 6.10 Å². The summed E-state index contributed by atoms with van der Waals surface area (Å²) >= 11 is 6.13. The van der Waals surface area contributed by atoms with Gasteiger partial charge in [0, 0.05) is 10.6 Å². The van der Waals surface area contributed by atoms with Crippen LogP contribution in [0.5, 0.6) is 5.75 Å². The van der Waals surface area contributed by atoms with Crippen molar-refractivity contribution in [1.29, 1.82) is 0 Å². The lowest BCUT2D eigenvalue weighted by molar-refractivity contribution is -0.147. The highest BCUT2D eigenvalue weighted by atomic mass is 35.5. The summed E-state index contributed by atoms with van der Waals surface area (Å²) in [4.78, 5) is 11.0. The summed E-state index contributed by atoms with van der Waals surface area (Å²) in [6.07, 6.45) is -1.63. The van der Waals surface area contributed by atoms with Crippen LogP contribution < -0.4 is 4.74 Å². The Morgan fingerprint density at radius 3 is 2.68 bits per heavy atom. The van der Waals surface area contributed by atoms with Gasteiger partial charge < -0.3 is 14.9 Å². The first-order valence-electron chi connectivity index (χ1n) is 6.78. The molecule has 0 saturated heterocycles. The molecule has 0 bridgehead atoms. The second-order valence-electron chi connectivity index (χ2n) is 5.11. The fraction of sp³-hybridized carbons (Fsp3) is 0.235. The number of carbonyl (C=O) groups is 1. The smallest absolute Gasteiger partial charge is 0.337 e.